The summed E-state index contributed by atoms with van der Waals surface area (Å²) in [6.45, 7) is 18.9. The molecule has 24 nitrogen and oxygen atoms in total. The molecule has 0 spiro atoms. The van der Waals surface area contributed by atoms with E-state index >= 15 is 0 Å². The van der Waals surface area contributed by atoms with E-state index in [9.17, 15) is 19.8 Å². The number of alkyl halides is 1. The van der Waals surface area contributed by atoms with E-state index in [1.807, 2.05) is 49.2 Å². The molecule has 8 rings (SSSR count). The van der Waals surface area contributed by atoms with Crippen LogP contribution in [0.5, 0.6) is 0 Å². The SMILES string of the molecule is CC(C)(CO)n1cc(Br)c2c(Cl)ncnc21.CC(C)(CO)n1cc(Br)c2c(N)ncnc21.CCOC(=O)C(C)(C)Br.CCOC(=O)C(C)(C)n1cc(Br)c2c(Cl)ncnc21.Clc1ncnc2[nH]cc(Br)c12.N.O.O=CO[O-].[H-].[K+].[K+]. The van der Waals surface area contributed by atoms with Crippen molar-refractivity contribution < 1.29 is 154 Å². The Morgan fingerprint density at radius 2 is 1.01 bits per heavy atom. The van der Waals surface area contributed by atoms with Crippen molar-refractivity contribution in [1.29, 1.82) is 0 Å². The molecule has 0 saturated heterocycles. The molecule has 8 aromatic heterocycles. The molecule has 34 heteroatoms. The van der Waals surface area contributed by atoms with Gasteiger partial charge in [-0.05, 0) is 133 Å². The minimum Gasteiger partial charge on any atom is -1.00 e. The number of nitrogens with one attached hydrogen (secondary N) is 1. The number of ether oxygens (including phenoxy) is 2. The average Bonchev–Trinajstić information content (AvgIpc) is 4.13. The van der Waals surface area contributed by atoms with Crippen LogP contribution in [0.1, 0.15) is 70.7 Å². The molecule has 0 aliphatic rings. The van der Waals surface area contributed by atoms with Gasteiger partial charge in [-0.25, -0.2) is 44.7 Å². The number of carbonyl (C=O) groups excluding carboxylic acids is 3. The van der Waals surface area contributed by atoms with Crippen LogP contribution in [-0.2, 0) is 45.4 Å². The van der Waals surface area contributed by atoms with Crippen LogP contribution in [-0.4, -0.2) is 123 Å². The van der Waals surface area contributed by atoms with Crippen LogP contribution in [0.15, 0.2) is 68.0 Å². The molecule has 79 heavy (non-hydrogen) atoms. The first-order valence-electron chi connectivity index (χ1n) is 21.8. The van der Waals surface area contributed by atoms with Gasteiger partial charge in [0.1, 0.15) is 79.0 Å². The van der Waals surface area contributed by atoms with Gasteiger partial charge >= 0.3 is 115 Å². The molecule has 0 aliphatic carbocycles. The summed E-state index contributed by atoms with van der Waals surface area (Å²) in [6.07, 6.45) is 12.9. The number of H-pyrrole nitrogens is 1. The summed E-state index contributed by atoms with van der Waals surface area (Å²) in [6, 6.07) is 0. The van der Waals surface area contributed by atoms with Gasteiger partial charge in [-0.1, -0.05) is 50.7 Å². The number of nitrogen functional groups attached to an aromatic ring is 1. The Bertz CT molecular complexity index is 3150. The molecule has 426 valence electrons. The van der Waals surface area contributed by atoms with E-state index in [0.717, 1.165) is 45.3 Å². The van der Waals surface area contributed by atoms with Gasteiger partial charge in [0.05, 0.1) is 59.1 Å². The predicted molar refractivity (Wildman–Crippen MR) is 312 cm³/mol. The molecule has 0 fully saturated rings. The normalized spacial score (nSPS) is 10.8. The number of nitrogens with zero attached hydrogens (tertiary/aromatic N) is 11. The van der Waals surface area contributed by atoms with Crippen LogP contribution in [0.2, 0.25) is 15.5 Å². The van der Waals surface area contributed by atoms with Gasteiger partial charge in [0.2, 0.25) is 0 Å². The fourth-order valence-electron chi connectivity index (χ4n) is 6.10. The third-order valence-electron chi connectivity index (χ3n) is 10.2. The Hall–Kier alpha value is -0.967. The van der Waals surface area contributed by atoms with Gasteiger partial charge in [0.15, 0.2) is 0 Å². The molecule has 0 atom stereocenters. The molecule has 0 bridgehead atoms. The molecular formula is C45H58Br5Cl3K2N14O10. The Morgan fingerprint density at radius 1 is 0.658 bits per heavy atom. The van der Waals surface area contributed by atoms with Crippen molar-refractivity contribution in [3.05, 3.63) is 83.4 Å². The zero-order valence-electron chi connectivity index (χ0n) is 46.0. The molecule has 0 saturated carbocycles. The van der Waals surface area contributed by atoms with Gasteiger partial charge in [-0.15, -0.1) is 0 Å². The Kier molecular flexibility index (Phi) is 36.6. The second-order valence-electron chi connectivity index (χ2n) is 17.4. The van der Waals surface area contributed by atoms with Crippen LogP contribution >= 0.6 is 114 Å². The monoisotopic (exact) mass is 1530 g/mol. The summed E-state index contributed by atoms with van der Waals surface area (Å²) < 4.78 is 18.1. The zero-order chi connectivity index (χ0) is 56.8. The first kappa shape index (κ1) is 80.1. The summed E-state index contributed by atoms with van der Waals surface area (Å²) in [5.74, 6) is -0.108. The van der Waals surface area contributed by atoms with Crippen LogP contribution in [0.25, 0.3) is 44.1 Å². The van der Waals surface area contributed by atoms with Gasteiger partial charge in [-0.3, -0.25) is 9.59 Å². The summed E-state index contributed by atoms with van der Waals surface area (Å²) in [5, 5.41) is 31.4. The van der Waals surface area contributed by atoms with E-state index in [1.165, 1.54) is 25.3 Å². The van der Waals surface area contributed by atoms with Gasteiger partial charge in [-0.2, -0.15) is 0 Å². The molecule has 8 aromatic rings. The number of anilines is 1. The molecule has 0 aromatic carbocycles. The maximum absolute atomic E-state index is 12.1. The largest absolute Gasteiger partial charge is 1.00 e. The standard InChI is InChI=1S/C12H13BrClN3O2.C10H11BrClN3O.C10H13BrN4O.C6H3BrClN3.C6H11BrO2.CH2O3.2K.H3N.H2O.H/c1-4-19-11(18)12(2,3)17-5-7(13)8-9(14)15-6-16-10(8)17;2*1-10(2,4-16)15-3-6(11)7-8(12)13-5-14-9(7)15;7-3-1-9-6-4(3)5(8)10-2-11-6;1-4-9-5(8)6(2,3)7;2-1-4-3;;;;;/h5-6H,4H2,1-3H3;3,5,16H,4H2,1-2H3;3,5,16H,4H2,1-2H3,(H2,12,13,14);1-2H,(H,9,10,11);4H2,1-3H3;1,3H;;;1H3;1H2;/q;;;;;;2*+1;;;-1/p-1. The van der Waals surface area contributed by atoms with Crippen molar-refractivity contribution in [2.75, 3.05) is 32.2 Å². The number of halogens is 8. The quantitative estimate of drug-likeness (QED) is 0.0250. The maximum atomic E-state index is 12.1. The van der Waals surface area contributed by atoms with Crippen molar-refractivity contribution in [3.8, 4) is 0 Å². The Balaban J connectivity index is -0.000000913. The fourth-order valence-corrected chi connectivity index (χ4v) is 9.47. The maximum Gasteiger partial charge on any atom is 1.00 e. The summed E-state index contributed by atoms with van der Waals surface area (Å²) in [5.41, 5.74) is 6.84. The first-order valence-corrected chi connectivity index (χ1v) is 26.8. The molecule has 10 N–H and O–H groups in total. The Labute approximate surface area is 598 Å². The molecule has 0 unspecified atom stereocenters. The van der Waals surface area contributed by atoms with Crippen molar-refractivity contribution in [1.82, 2.24) is 64.7 Å². The molecule has 8 heterocycles. The van der Waals surface area contributed by atoms with E-state index in [0.29, 0.717) is 51.2 Å². The number of nitrogens with two attached hydrogens (primary N) is 1. The number of fused-ring (bicyclic) bond motifs is 4. The number of hydrogen-bond donors (Lipinski definition) is 5. The van der Waals surface area contributed by atoms with Crippen LogP contribution < -0.4 is 120 Å². The number of aliphatic hydroxyl groups is 2. The van der Waals surface area contributed by atoms with Crippen LogP contribution in [0.3, 0.4) is 0 Å². The van der Waals surface area contributed by atoms with Crippen molar-refractivity contribution in [3.63, 3.8) is 0 Å². The van der Waals surface area contributed by atoms with Gasteiger partial charge in [0, 0.05) is 42.7 Å². The van der Waals surface area contributed by atoms with Crippen LogP contribution in [0.4, 0.5) is 5.82 Å². The van der Waals surface area contributed by atoms with E-state index < -0.39 is 20.9 Å². The number of hydrogen-bond acceptors (Lipinski definition) is 19. The predicted octanol–water partition coefficient (Wildman–Crippen LogP) is 3.21. The minimum atomic E-state index is -0.877. The third kappa shape index (κ3) is 21.2. The van der Waals surface area contributed by atoms with E-state index in [1.54, 1.807) is 58.5 Å². The van der Waals surface area contributed by atoms with Crippen molar-refractivity contribution >= 4 is 183 Å². The summed E-state index contributed by atoms with van der Waals surface area (Å²) in [4.78, 5) is 69.3. The molecule has 0 amide bonds. The number of aliphatic hydroxyl groups excluding tert-OH is 2. The first-order chi connectivity index (χ1) is 35.0. The average molecular weight is 1540 g/mol. The van der Waals surface area contributed by atoms with E-state index in [4.69, 9.17) is 60.1 Å². The number of aromatic amines is 1. The van der Waals surface area contributed by atoms with Crippen LogP contribution in [0, 0.1) is 0 Å². The number of aromatic nitrogens is 12. The second-order valence-corrected chi connectivity index (χ2v) is 23.8. The smallest absolute Gasteiger partial charge is 1.00 e. The van der Waals surface area contributed by atoms with Gasteiger partial charge in [0.25, 0.3) is 6.47 Å². The fraction of sp³-hybridized carbons (Fsp3) is 0.400. The summed E-state index contributed by atoms with van der Waals surface area (Å²) >= 11 is 34.6. The topological polar surface area (TPSA) is 369 Å². The van der Waals surface area contributed by atoms with Gasteiger partial charge < -0.3 is 67.3 Å². The summed E-state index contributed by atoms with van der Waals surface area (Å²) in [7, 11) is 0. The van der Waals surface area contributed by atoms with E-state index in [2.05, 4.69) is 129 Å². The molecule has 0 aliphatic heterocycles. The Morgan fingerprint density at radius 3 is 1.39 bits per heavy atom. The van der Waals surface area contributed by atoms with Crippen molar-refractivity contribution in [2.45, 2.75) is 90.2 Å². The number of rotatable bonds is 10. The number of esters is 2. The number of carbonyl (C=O) groups is 3. The zero-order valence-corrected chi connectivity index (χ0v) is 61.4. The third-order valence-corrected chi connectivity index (χ3v) is 13.8. The minimum absolute atomic E-state index is 0. The second kappa shape index (κ2) is 36.1. The molecular weight excluding hydrogens is 1480 g/mol. The van der Waals surface area contributed by atoms with E-state index in [-0.39, 0.29) is 147 Å². The molecule has 0 radical (unpaired) electrons. The van der Waals surface area contributed by atoms with Crippen molar-refractivity contribution in [2.24, 2.45) is 0 Å².